The van der Waals surface area contributed by atoms with Crippen molar-refractivity contribution < 1.29 is 9.26 Å². The van der Waals surface area contributed by atoms with E-state index in [2.05, 4.69) is 57.8 Å². The highest BCUT2D eigenvalue weighted by molar-refractivity contribution is 9.24. The Morgan fingerprint density at radius 2 is 1.93 bits per heavy atom. The molecular weight excluding hydrogens is 314 g/mol. The van der Waals surface area contributed by atoms with Gasteiger partial charge in [0.1, 0.15) is 3.74 Å². The first-order valence-electron chi connectivity index (χ1n) is 4.20. The molecule has 5 heteroatoms. The average molecular weight is 327 g/mol. The zero-order valence-corrected chi connectivity index (χ0v) is 11.8. The van der Waals surface area contributed by atoms with E-state index < -0.39 is 0 Å². The standard InChI is InChI=1S/C9H13Br2NO2/c1-9(2,3)6-5(7(10)11)8(13-4)12-14-6/h7H,1-4H3. The van der Waals surface area contributed by atoms with Gasteiger partial charge in [0.15, 0.2) is 5.76 Å². The Balaban J connectivity index is 3.25. The number of alkyl halides is 2. The number of aromatic nitrogens is 1. The van der Waals surface area contributed by atoms with E-state index in [4.69, 9.17) is 9.26 Å². The summed E-state index contributed by atoms with van der Waals surface area (Å²) in [4.78, 5) is 0. The fourth-order valence-electron chi connectivity index (χ4n) is 1.16. The summed E-state index contributed by atoms with van der Waals surface area (Å²) >= 11 is 6.87. The lowest BCUT2D eigenvalue weighted by Gasteiger charge is -2.16. The Hall–Kier alpha value is -0.0300. The molecule has 0 unspecified atom stereocenters. The van der Waals surface area contributed by atoms with Crippen LogP contribution in [0.25, 0.3) is 0 Å². The molecule has 14 heavy (non-hydrogen) atoms. The molecule has 0 spiro atoms. The Kier molecular flexibility index (Phi) is 3.63. The Morgan fingerprint density at radius 1 is 1.36 bits per heavy atom. The van der Waals surface area contributed by atoms with Gasteiger partial charge in [-0.05, 0) is 5.16 Å². The summed E-state index contributed by atoms with van der Waals surface area (Å²) in [6.45, 7) is 6.20. The van der Waals surface area contributed by atoms with E-state index in [0.29, 0.717) is 5.88 Å². The molecule has 1 aromatic rings. The van der Waals surface area contributed by atoms with Gasteiger partial charge in [0.05, 0.1) is 12.7 Å². The van der Waals surface area contributed by atoms with Crippen LogP contribution >= 0.6 is 31.9 Å². The monoisotopic (exact) mass is 325 g/mol. The van der Waals surface area contributed by atoms with Crippen molar-refractivity contribution in [2.45, 2.75) is 29.9 Å². The average Bonchev–Trinajstić information content (AvgIpc) is 2.45. The minimum atomic E-state index is -0.0844. The third-order valence-electron chi connectivity index (χ3n) is 1.79. The van der Waals surface area contributed by atoms with Crippen LogP contribution in [0, 0.1) is 0 Å². The number of methoxy groups -OCH3 is 1. The molecule has 0 atom stereocenters. The molecule has 1 rings (SSSR count). The first-order chi connectivity index (χ1) is 6.38. The lowest BCUT2D eigenvalue weighted by Crippen LogP contribution is -2.12. The highest BCUT2D eigenvalue weighted by atomic mass is 79.9. The number of hydrogen-bond acceptors (Lipinski definition) is 3. The Morgan fingerprint density at radius 3 is 2.29 bits per heavy atom. The SMILES string of the molecule is COc1noc(C(C)(C)C)c1C(Br)Br. The van der Waals surface area contributed by atoms with Crippen LogP contribution in [0.4, 0.5) is 0 Å². The number of rotatable bonds is 2. The Labute approximate surface area is 100 Å². The van der Waals surface area contributed by atoms with Crippen LogP contribution in [0.2, 0.25) is 0 Å². The molecule has 0 aromatic carbocycles. The van der Waals surface area contributed by atoms with Gasteiger partial charge < -0.3 is 9.26 Å². The predicted octanol–water partition coefficient (Wildman–Crippen LogP) is 3.77. The van der Waals surface area contributed by atoms with Crippen molar-refractivity contribution in [2.24, 2.45) is 0 Å². The van der Waals surface area contributed by atoms with Crippen molar-refractivity contribution in [1.82, 2.24) is 5.16 Å². The molecule has 0 N–H and O–H groups in total. The number of hydrogen-bond donors (Lipinski definition) is 0. The zero-order valence-electron chi connectivity index (χ0n) is 8.60. The molecular formula is C9H13Br2NO2. The maximum atomic E-state index is 5.28. The zero-order chi connectivity index (χ0) is 10.9. The third kappa shape index (κ3) is 2.31. The van der Waals surface area contributed by atoms with E-state index in [1.165, 1.54) is 0 Å². The summed E-state index contributed by atoms with van der Waals surface area (Å²) in [6, 6.07) is 0. The molecule has 0 saturated carbocycles. The molecule has 0 aliphatic carbocycles. The number of nitrogens with zero attached hydrogens (tertiary/aromatic N) is 1. The normalized spacial score (nSPS) is 12.2. The van der Waals surface area contributed by atoms with Crippen molar-refractivity contribution in [1.29, 1.82) is 0 Å². The van der Waals surface area contributed by atoms with Crippen molar-refractivity contribution in [3.8, 4) is 5.88 Å². The summed E-state index contributed by atoms with van der Waals surface area (Å²) in [7, 11) is 1.58. The van der Waals surface area contributed by atoms with Gasteiger partial charge in [-0.25, -0.2) is 0 Å². The van der Waals surface area contributed by atoms with Gasteiger partial charge in [0, 0.05) is 5.41 Å². The van der Waals surface area contributed by atoms with Crippen LogP contribution in [0.3, 0.4) is 0 Å². The minimum absolute atomic E-state index is 0.00887. The number of ether oxygens (including phenoxy) is 1. The highest BCUT2D eigenvalue weighted by Crippen LogP contribution is 2.42. The molecule has 0 fully saturated rings. The summed E-state index contributed by atoms with van der Waals surface area (Å²) in [5.74, 6) is 1.35. The highest BCUT2D eigenvalue weighted by Gasteiger charge is 2.30. The van der Waals surface area contributed by atoms with Crippen molar-refractivity contribution >= 4 is 31.9 Å². The third-order valence-corrected chi connectivity index (χ3v) is 2.70. The van der Waals surface area contributed by atoms with Gasteiger partial charge in [-0.1, -0.05) is 52.6 Å². The molecule has 80 valence electrons. The fourth-order valence-corrected chi connectivity index (χ4v) is 1.97. The second-order valence-electron chi connectivity index (χ2n) is 3.99. The van der Waals surface area contributed by atoms with Crippen LogP contribution in [-0.2, 0) is 5.41 Å². The molecule has 1 aromatic heterocycles. The summed E-state index contributed by atoms with van der Waals surface area (Å²) in [5, 5.41) is 3.87. The van der Waals surface area contributed by atoms with Gasteiger partial charge in [-0.2, -0.15) is 0 Å². The van der Waals surface area contributed by atoms with Crippen LogP contribution < -0.4 is 4.74 Å². The van der Waals surface area contributed by atoms with E-state index in [-0.39, 0.29) is 9.15 Å². The Bertz CT molecular complexity index is 315. The largest absolute Gasteiger partial charge is 0.479 e. The molecule has 0 bridgehead atoms. The van der Waals surface area contributed by atoms with Gasteiger partial charge in [0.2, 0.25) is 0 Å². The summed E-state index contributed by atoms with van der Waals surface area (Å²) in [5.41, 5.74) is 0.832. The van der Waals surface area contributed by atoms with Crippen molar-refractivity contribution in [2.75, 3.05) is 7.11 Å². The van der Waals surface area contributed by atoms with Gasteiger partial charge in [-0.15, -0.1) is 0 Å². The van der Waals surface area contributed by atoms with E-state index in [1.54, 1.807) is 7.11 Å². The molecule has 0 aliphatic rings. The van der Waals surface area contributed by atoms with Gasteiger partial charge in [0.25, 0.3) is 5.88 Å². The van der Waals surface area contributed by atoms with Crippen LogP contribution in [0.1, 0.15) is 35.8 Å². The van der Waals surface area contributed by atoms with E-state index in [1.807, 2.05) is 0 Å². The van der Waals surface area contributed by atoms with E-state index >= 15 is 0 Å². The predicted molar refractivity (Wildman–Crippen MR) is 62.4 cm³/mol. The second kappa shape index (κ2) is 4.23. The van der Waals surface area contributed by atoms with Crippen LogP contribution in [0.5, 0.6) is 5.88 Å². The molecule has 1 heterocycles. The molecule has 0 saturated heterocycles. The van der Waals surface area contributed by atoms with Gasteiger partial charge >= 0.3 is 0 Å². The first kappa shape index (κ1) is 12.0. The summed E-state index contributed by atoms with van der Waals surface area (Å²) < 4.78 is 10.4. The van der Waals surface area contributed by atoms with Crippen LogP contribution in [-0.4, -0.2) is 12.3 Å². The van der Waals surface area contributed by atoms with E-state index in [9.17, 15) is 0 Å². The summed E-state index contributed by atoms with van der Waals surface area (Å²) in [6.07, 6.45) is 0. The maximum Gasteiger partial charge on any atom is 0.259 e. The van der Waals surface area contributed by atoms with Crippen molar-refractivity contribution in [3.63, 3.8) is 0 Å². The minimum Gasteiger partial charge on any atom is -0.479 e. The molecule has 0 radical (unpaired) electrons. The van der Waals surface area contributed by atoms with Gasteiger partial charge in [-0.3, -0.25) is 0 Å². The molecule has 0 aliphatic heterocycles. The first-order valence-corrected chi connectivity index (χ1v) is 6.03. The lowest BCUT2D eigenvalue weighted by molar-refractivity contribution is 0.301. The lowest BCUT2D eigenvalue weighted by atomic mass is 9.91. The molecule has 0 amide bonds. The van der Waals surface area contributed by atoms with Crippen molar-refractivity contribution in [3.05, 3.63) is 11.3 Å². The van der Waals surface area contributed by atoms with E-state index in [0.717, 1.165) is 11.3 Å². The smallest absolute Gasteiger partial charge is 0.259 e. The second-order valence-corrected chi connectivity index (χ2v) is 7.05. The number of halogens is 2. The fraction of sp³-hybridized carbons (Fsp3) is 0.667. The quantitative estimate of drug-likeness (QED) is 0.776. The molecule has 3 nitrogen and oxygen atoms in total. The topological polar surface area (TPSA) is 35.3 Å². The maximum absolute atomic E-state index is 5.28. The van der Waals surface area contributed by atoms with Crippen LogP contribution in [0.15, 0.2) is 4.52 Å².